The number of carbonyl (C=O) groups excluding carboxylic acids is 1. The van der Waals surface area contributed by atoms with Crippen molar-refractivity contribution in [2.75, 3.05) is 19.8 Å². The van der Waals surface area contributed by atoms with E-state index in [1.807, 2.05) is 25.1 Å². The summed E-state index contributed by atoms with van der Waals surface area (Å²) in [5, 5.41) is 3.55. The van der Waals surface area contributed by atoms with Crippen LogP contribution in [0.4, 0.5) is 0 Å². The zero-order chi connectivity index (χ0) is 21.5. The van der Waals surface area contributed by atoms with E-state index in [1.165, 1.54) is 11.8 Å². The van der Waals surface area contributed by atoms with Crippen LogP contribution in [0.5, 0.6) is 17.2 Å². The van der Waals surface area contributed by atoms with Crippen molar-refractivity contribution in [3.05, 3.63) is 56.9 Å². The van der Waals surface area contributed by atoms with Gasteiger partial charge in [0.25, 0.3) is 5.91 Å². The molecule has 1 aliphatic rings. The van der Waals surface area contributed by atoms with Gasteiger partial charge in [0.2, 0.25) is 0 Å². The van der Waals surface area contributed by atoms with Gasteiger partial charge in [-0.05, 0) is 42.8 Å². The van der Waals surface area contributed by atoms with Crippen molar-refractivity contribution in [2.45, 2.75) is 13.3 Å². The van der Waals surface area contributed by atoms with Gasteiger partial charge in [0, 0.05) is 6.42 Å². The number of ether oxygens (including phenoxy) is 3. The van der Waals surface area contributed by atoms with E-state index in [0.29, 0.717) is 62.8 Å². The molecule has 0 aliphatic carbocycles. The summed E-state index contributed by atoms with van der Waals surface area (Å²) in [6.07, 6.45) is 2.35. The fourth-order valence-electron chi connectivity index (χ4n) is 2.62. The topological polar surface area (TPSA) is 56.8 Å². The molecule has 2 aromatic carbocycles. The summed E-state index contributed by atoms with van der Waals surface area (Å²) in [5.74, 6) is 1.38. The molecular formula is C21H19Cl2NO4S2. The Morgan fingerprint density at radius 3 is 2.53 bits per heavy atom. The molecule has 9 heteroatoms. The smallest absolute Gasteiger partial charge is 0.263 e. The Hall–Kier alpha value is -1.93. The summed E-state index contributed by atoms with van der Waals surface area (Å²) >= 11 is 18.7. The lowest BCUT2D eigenvalue weighted by atomic mass is 10.2. The number of halogens is 2. The summed E-state index contributed by atoms with van der Waals surface area (Å²) in [7, 11) is 0. The van der Waals surface area contributed by atoms with Gasteiger partial charge in [-0.15, -0.1) is 0 Å². The third-order valence-electron chi connectivity index (χ3n) is 3.90. The van der Waals surface area contributed by atoms with Crippen LogP contribution >= 0.6 is 47.2 Å². The Bertz CT molecular complexity index is 981. The molecule has 0 saturated carbocycles. The first-order valence-corrected chi connectivity index (χ1v) is 11.2. The van der Waals surface area contributed by atoms with Crippen LogP contribution in [0.2, 0.25) is 10.0 Å². The Balaban J connectivity index is 1.64. The normalized spacial score (nSPS) is 14.7. The fraction of sp³-hybridized carbons (Fsp3) is 0.238. The van der Waals surface area contributed by atoms with Crippen LogP contribution in [0, 0.1) is 0 Å². The number of benzene rings is 2. The molecule has 1 saturated heterocycles. The maximum Gasteiger partial charge on any atom is 0.263 e. The number of amides is 1. The van der Waals surface area contributed by atoms with Gasteiger partial charge in [0.15, 0.2) is 11.5 Å². The van der Waals surface area contributed by atoms with Crippen molar-refractivity contribution in [1.29, 1.82) is 0 Å². The van der Waals surface area contributed by atoms with Gasteiger partial charge >= 0.3 is 0 Å². The molecule has 3 rings (SSSR count). The van der Waals surface area contributed by atoms with Gasteiger partial charge in [-0.2, -0.15) is 0 Å². The molecule has 30 heavy (non-hydrogen) atoms. The van der Waals surface area contributed by atoms with Gasteiger partial charge in [-0.25, -0.2) is 0 Å². The zero-order valence-corrected chi connectivity index (χ0v) is 19.2. The second-order valence-corrected chi connectivity index (χ2v) is 8.63. The van der Waals surface area contributed by atoms with Crippen molar-refractivity contribution in [1.82, 2.24) is 5.32 Å². The summed E-state index contributed by atoms with van der Waals surface area (Å²) in [6.45, 7) is 3.15. The third-order valence-corrected chi connectivity index (χ3v) is 5.66. The second-order valence-electron chi connectivity index (χ2n) is 6.10. The number of carbonyl (C=O) groups is 1. The van der Waals surface area contributed by atoms with E-state index in [2.05, 4.69) is 5.32 Å². The van der Waals surface area contributed by atoms with Crippen molar-refractivity contribution < 1.29 is 19.0 Å². The highest BCUT2D eigenvalue weighted by molar-refractivity contribution is 8.26. The van der Waals surface area contributed by atoms with Crippen molar-refractivity contribution >= 4 is 63.5 Å². The van der Waals surface area contributed by atoms with Gasteiger partial charge in [-0.3, -0.25) is 4.79 Å². The highest BCUT2D eigenvalue weighted by Crippen LogP contribution is 2.38. The SMILES string of the molecule is CCOc1cc(/C=C2/SC(=S)NC2=O)cc(Cl)c1OCCCOc1ccccc1Cl. The second kappa shape index (κ2) is 10.9. The molecule has 0 radical (unpaired) electrons. The predicted octanol–water partition coefficient (Wildman–Crippen LogP) is 5.73. The highest BCUT2D eigenvalue weighted by atomic mass is 35.5. The molecule has 0 unspecified atom stereocenters. The van der Waals surface area contributed by atoms with E-state index < -0.39 is 0 Å². The van der Waals surface area contributed by atoms with Gasteiger partial charge in [0.05, 0.1) is 34.8 Å². The molecule has 1 aliphatic heterocycles. The Labute approximate surface area is 194 Å². The number of hydrogen-bond acceptors (Lipinski definition) is 6. The zero-order valence-electron chi connectivity index (χ0n) is 16.1. The van der Waals surface area contributed by atoms with Crippen LogP contribution in [-0.2, 0) is 4.79 Å². The monoisotopic (exact) mass is 483 g/mol. The van der Waals surface area contributed by atoms with E-state index in [4.69, 9.17) is 49.6 Å². The summed E-state index contributed by atoms with van der Waals surface area (Å²) in [4.78, 5) is 12.4. The fourth-order valence-corrected chi connectivity index (χ4v) is 4.13. The van der Waals surface area contributed by atoms with E-state index in [9.17, 15) is 4.79 Å². The molecule has 1 N–H and O–H groups in total. The molecule has 0 aromatic heterocycles. The first-order chi connectivity index (χ1) is 14.5. The van der Waals surface area contributed by atoms with Crippen LogP contribution in [0.1, 0.15) is 18.9 Å². The van der Waals surface area contributed by atoms with Crippen molar-refractivity contribution in [2.24, 2.45) is 0 Å². The predicted molar refractivity (Wildman–Crippen MR) is 126 cm³/mol. The molecule has 0 bridgehead atoms. The minimum absolute atomic E-state index is 0.224. The summed E-state index contributed by atoms with van der Waals surface area (Å²) < 4.78 is 17.6. The summed E-state index contributed by atoms with van der Waals surface area (Å²) in [5.41, 5.74) is 0.722. The molecule has 1 amide bonds. The minimum Gasteiger partial charge on any atom is -0.492 e. The van der Waals surface area contributed by atoms with Crippen LogP contribution < -0.4 is 19.5 Å². The first-order valence-electron chi connectivity index (χ1n) is 9.19. The lowest BCUT2D eigenvalue weighted by molar-refractivity contribution is -0.115. The van der Waals surface area contributed by atoms with Gasteiger partial charge < -0.3 is 19.5 Å². The Morgan fingerprint density at radius 1 is 1.07 bits per heavy atom. The quantitative estimate of drug-likeness (QED) is 0.279. The van der Waals surface area contributed by atoms with Gasteiger partial charge in [0.1, 0.15) is 10.1 Å². The number of thioether (sulfide) groups is 1. The average Bonchev–Trinajstić information content (AvgIpc) is 3.01. The van der Waals surface area contributed by atoms with Gasteiger partial charge in [-0.1, -0.05) is 59.3 Å². The number of para-hydroxylation sites is 1. The number of thiocarbonyl (C=S) groups is 1. The van der Waals surface area contributed by atoms with Crippen LogP contribution in [0.3, 0.4) is 0 Å². The van der Waals surface area contributed by atoms with Crippen molar-refractivity contribution in [3.63, 3.8) is 0 Å². The highest BCUT2D eigenvalue weighted by Gasteiger charge is 2.22. The number of rotatable bonds is 9. The minimum atomic E-state index is -0.224. The van der Waals surface area contributed by atoms with Crippen molar-refractivity contribution in [3.8, 4) is 17.2 Å². The Kier molecular flexibility index (Phi) is 8.27. The molecule has 1 fully saturated rings. The largest absolute Gasteiger partial charge is 0.492 e. The Morgan fingerprint density at radius 2 is 1.83 bits per heavy atom. The maximum absolute atomic E-state index is 11.9. The third kappa shape index (κ3) is 6.04. The number of hydrogen-bond donors (Lipinski definition) is 1. The first kappa shape index (κ1) is 22.7. The van der Waals surface area contributed by atoms with E-state index in [-0.39, 0.29) is 5.91 Å². The summed E-state index contributed by atoms with van der Waals surface area (Å²) in [6, 6.07) is 10.8. The van der Waals surface area contributed by atoms with Crippen LogP contribution in [0.15, 0.2) is 41.3 Å². The molecule has 0 spiro atoms. The van der Waals surface area contributed by atoms with E-state index >= 15 is 0 Å². The number of nitrogens with one attached hydrogen (secondary N) is 1. The maximum atomic E-state index is 11.9. The van der Waals surface area contributed by atoms with E-state index in [0.717, 1.165) is 5.56 Å². The van der Waals surface area contributed by atoms with E-state index in [1.54, 1.807) is 24.3 Å². The molecule has 5 nitrogen and oxygen atoms in total. The van der Waals surface area contributed by atoms with Crippen LogP contribution in [0.25, 0.3) is 6.08 Å². The van der Waals surface area contributed by atoms with Crippen LogP contribution in [-0.4, -0.2) is 30.0 Å². The lowest BCUT2D eigenvalue weighted by Crippen LogP contribution is -2.17. The average molecular weight is 484 g/mol. The molecule has 158 valence electrons. The lowest BCUT2D eigenvalue weighted by Gasteiger charge is -2.15. The molecule has 1 heterocycles. The standard InChI is InChI=1S/C21H19Cl2NO4S2/c1-2-26-17-11-13(12-18-20(25)24-21(29)30-18)10-15(23)19(17)28-9-5-8-27-16-7-4-3-6-14(16)22/h3-4,6-7,10-12H,2,5,8-9H2,1H3,(H,24,25,29)/b18-12+. The molecule has 0 atom stereocenters. The molecule has 2 aromatic rings. The molecular weight excluding hydrogens is 465 g/mol.